The predicted molar refractivity (Wildman–Crippen MR) is 93.7 cm³/mol. The summed E-state index contributed by atoms with van der Waals surface area (Å²) in [6.07, 6.45) is 16.9. The molecule has 0 amide bonds. The van der Waals surface area contributed by atoms with Crippen LogP contribution in [0.1, 0.15) is 77.0 Å². The molecule has 0 spiro atoms. The molecule has 3 rings (SSSR count). The molecule has 3 aliphatic carbocycles. The zero-order chi connectivity index (χ0) is 14.5. The molecule has 0 bridgehead atoms. The van der Waals surface area contributed by atoms with Crippen molar-refractivity contribution in [2.45, 2.75) is 100 Å². The van der Waals surface area contributed by atoms with E-state index in [-0.39, 0.29) is 5.29 Å². The average molecular weight is 310 g/mol. The van der Waals surface area contributed by atoms with E-state index >= 15 is 0 Å². The largest absolute Gasteiger partial charge is 0.311 e. The summed E-state index contributed by atoms with van der Waals surface area (Å²) in [6, 6.07) is 2.32. The van der Waals surface area contributed by atoms with Crippen molar-refractivity contribution in [1.29, 1.82) is 0 Å². The molecule has 0 radical (unpaired) electrons. The van der Waals surface area contributed by atoms with E-state index < -0.39 is 0 Å². The normalized spacial score (nSPS) is 26.3. The van der Waals surface area contributed by atoms with Gasteiger partial charge in [-0.2, -0.15) is 0 Å². The Kier molecular flexibility index (Phi) is 5.76. The van der Waals surface area contributed by atoms with Crippen LogP contribution in [-0.4, -0.2) is 40.2 Å². The van der Waals surface area contributed by atoms with Crippen LogP contribution in [0.25, 0.3) is 0 Å². The van der Waals surface area contributed by atoms with Crippen LogP contribution in [0.4, 0.5) is 0 Å². The van der Waals surface area contributed by atoms with Crippen molar-refractivity contribution in [3.8, 4) is 0 Å². The molecule has 122 valence electrons. The van der Waals surface area contributed by atoms with Gasteiger partial charge >= 0.3 is 0 Å². The minimum absolute atomic E-state index is 0.215. The molecule has 0 aromatic heterocycles. The van der Waals surface area contributed by atoms with Crippen molar-refractivity contribution < 1.29 is 0 Å². The highest BCUT2D eigenvalue weighted by Crippen LogP contribution is 2.23. The molecule has 3 aliphatic rings. The molecule has 3 nitrogen and oxygen atoms in total. The monoisotopic (exact) mass is 309 g/mol. The second kappa shape index (κ2) is 7.58. The Labute approximate surface area is 133 Å². The van der Waals surface area contributed by atoms with E-state index in [2.05, 4.69) is 16.0 Å². The molecule has 3 fully saturated rings. The topological polar surface area (TPSA) is 36.1 Å². The van der Waals surface area contributed by atoms with Gasteiger partial charge in [-0.15, -0.1) is 0 Å². The fourth-order valence-electron chi connectivity index (χ4n) is 4.66. The van der Waals surface area contributed by atoms with Gasteiger partial charge in [-0.25, -0.2) is 0 Å². The molecule has 21 heavy (non-hydrogen) atoms. The van der Waals surface area contributed by atoms with Gasteiger partial charge in [-0.3, -0.25) is 10.6 Å². The van der Waals surface area contributed by atoms with Gasteiger partial charge < -0.3 is 5.32 Å². The van der Waals surface area contributed by atoms with Gasteiger partial charge in [0.15, 0.2) is 0 Å². The molecule has 0 aromatic carbocycles. The quantitative estimate of drug-likeness (QED) is 0.494. The number of hydrogen-bond acceptors (Lipinski definition) is 3. The number of hydrogen-bond donors (Lipinski definition) is 3. The van der Waals surface area contributed by atoms with Crippen molar-refractivity contribution in [1.82, 2.24) is 16.0 Å². The first kappa shape index (κ1) is 16.0. The SMILES string of the molecule is [SiH3]C(CNC1CCCC1)(NC1CCCC1)NC1CCCC1. The molecular weight excluding hydrogens is 274 g/mol. The maximum absolute atomic E-state index is 4.03. The zero-order valence-corrected chi connectivity index (χ0v) is 15.9. The zero-order valence-electron chi connectivity index (χ0n) is 13.9. The smallest absolute Gasteiger partial charge is 0.0601 e. The lowest BCUT2D eigenvalue weighted by Crippen LogP contribution is -2.67. The Morgan fingerprint density at radius 1 is 0.667 bits per heavy atom. The summed E-state index contributed by atoms with van der Waals surface area (Å²) >= 11 is 0. The third-order valence-electron chi connectivity index (χ3n) is 5.86. The molecule has 4 heteroatoms. The van der Waals surface area contributed by atoms with Crippen molar-refractivity contribution in [3.05, 3.63) is 0 Å². The Balaban J connectivity index is 1.54. The third-order valence-corrected chi connectivity index (χ3v) is 6.79. The van der Waals surface area contributed by atoms with Crippen molar-refractivity contribution in [2.75, 3.05) is 6.54 Å². The van der Waals surface area contributed by atoms with E-state index in [9.17, 15) is 0 Å². The summed E-state index contributed by atoms with van der Waals surface area (Å²) in [5.41, 5.74) is 0. The molecule has 0 saturated heterocycles. The van der Waals surface area contributed by atoms with Crippen molar-refractivity contribution in [3.63, 3.8) is 0 Å². The first-order valence-corrected chi connectivity index (χ1v) is 10.5. The van der Waals surface area contributed by atoms with Gasteiger partial charge in [0, 0.05) is 34.9 Å². The van der Waals surface area contributed by atoms with Crippen LogP contribution >= 0.6 is 0 Å². The van der Waals surface area contributed by atoms with E-state index in [1.54, 1.807) is 0 Å². The molecule has 0 heterocycles. The summed E-state index contributed by atoms with van der Waals surface area (Å²) in [5, 5.41) is 12.2. The van der Waals surface area contributed by atoms with Crippen LogP contribution in [0.15, 0.2) is 0 Å². The van der Waals surface area contributed by atoms with Crippen LogP contribution in [0.5, 0.6) is 0 Å². The van der Waals surface area contributed by atoms with E-state index in [0.29, 0.717) is 0 Å². The van der Waals surface area contributed by atoms with Gasteiger partial charge in [0.2, 0.25) is 0 Å². The highest BCUT2D eigenvalue weighted by atomic mass is 28.1. The summed E-state index contributed by atoms with van der Waals surface area (Å²) in [7, 11) is 1.18. The van der Waals surface area contributed by atoms with Crippen LogP contribution in [0, 0.1) is 0 Å². The lowest BCUT2D eigenvalue weighted by Gasteiger charge is -2.39. The fraction of sp³-hybridized carbons (Fsp3) is 1.00. The Morgan fingerprint density at radius 3 is 1.48 bits per heavy atom. The molecule has 0 aliphatic heterocycles. The highest BCUT2D eigenvalue weighted by Gasteiger charge is 2.32. The van der Waals surface area contributed by atoms with E-state index in [1.165, 1.54) is 87.3 Å². The maximum atomic E-state index is 4.03. The number of nitrogens with one attached hydrogen (secondary N) is 3. The highest BCUT2D eigenvalue weighted by molar-refractivity contribution is 6.15. The molecule has 3 N–H and O–H groups in total. The summed E-state index contributed by atoms with van der Waals surface area (Å²) in [4.78, 5) is 0. The van der Waals surface area contributed by atoms with Gasteiger partial charge in [0.1, 0.15) is 0 Å². The number of rotatable bonds is 7. The summed E-state index contributed by atoms with van der Waals surface area (Å²) in [5.74, 6) is 0. The van der Waals surface area contributed by atoms with Gasteiger partial charge in [0.25, 0.3) is 0 Å². The van der Waals surface area contributed by atoms with Gasteiger partial charge in [-0.1, -0.05) is 38.5 Å². The van der Waals surface area contributed by atoms with Crippen molar-refractivity contribution in [2.24, 2.45) is 0 Å². The standard InChI is InChI=1S/C17H35N3Si/c21-17(19-15-9-3-4-10-15,20-16-11-5-6-12-16)13-18-14-7-1-2-8-14/h14-16,18-20H,1-13H2,21H3. The summed E-state index contributed by atoms with van der Waals surface area (Å²) in [6.45, 7) is 1.14. The van der Waals surface area contributed by atoms with Crippen LogP contribution < -0.4 is 16.0 Å². The second-order valence-corrected chi connectivity index (χ2v) is 9.65. The predicted octanol–water partition coefficient (Wildman–Crippen LogP) is 1.60. The Bertz CT molecular complexity index is 287. The van der Waals surface area contributed by atoms with Crippen LogP contribution in [0.2, 0.25) is 0 Å². The minimum Gasteiger partial charge on any atom is -0.311 e. The van der Waals surface area contributed by atoms with E-state index in [1.807, 2.05) is 0 Å². The van der Waals surface area contributed by atoms with Gasteiger partial charge in [0.05, 0.1) is 5.29 Å². The van der Waals surface area contributed by atoms with E-state index in [4.69, 9.17) is 0 Å². The fourth-order valence-corrected chi connectivity index (χ4v) is 5.68. The van der Waals surface area contributed by atoms with Gasteiger partial charge in [-0.05, 0) is 38.5 Å². The average Bonchev–Trinajstić information content (AvgIpc) is 3.20. The Morgan fingerprint density at radius 2 is 1.05 bits per heavy atom. The Hall–Kier alpha value is 0.0969. The third kappa shape index (κ3) is 4.78. The first-order valence-electron chi connectivity index (χ1n) is 9.52. The molecular formula is C17H35N3Si. The minimum atomic E-state index is 0.215. The van der Waals surface area contributed by atoms with Crippen LogP contribution in [-0.2, 0) is 0 Å². The van der Waals surface area contributed by atoms with Crippen LogP contribution in [0.3, 0.4) is 0 Å². The molecule has 0 unspecified atom stereocenters. The molecule has 3 saturated carbocycles. The molecule has 0 aromatic rings. The van der Waals surface area contributed by atoms with E-state index in [0.717, 1.165) is 24.7 Å². The lowest BCUT2D eigenvalue weighted by molar-refractivity contribution is 0.272. The van der Waals surface area contributed by atoms with Crippen molar-refractivity contribution >= 4 is 10.2 Å². The first-order chi connectivity index (χ1) is 10.2. The summed E-state index contributed by atoms with van der Waals surface area (Å²) < 4.78 is 0. The lowest BCUT2D eigenvalue weighted by atomic mass is 10.2. The maximum Gasteiger partial charge on any atom is 0.0601 e. The second-order valence-electron chi connectivity index (χ2n) is 7.95. The molecule has 0 atom stereocenters.